The summed E-state index contributed by atoms with van der Waals surface area (Å²) >= 11 is 7.46. The number of aromatic nitrogens is 4. The average Bonchev–Trinajstić information content (AvgIpc) is 3.55. The third-order valence-corrected chi connectivity index (χ3v) is 7.61. The molecule has 3 aromatic carbocycles. The summed E-state index contributed by atoms with van der Waals surface area (Å²) in [4.78, 5) is 25.9. The van der Waals surface area contributed by atoms with Crippen LogP contribution in [0.4, 0.5) is 5.95 Å². The lowest BCUT2D eigenvalue weighted by Gasteiger charge is -2.15. The van der Waals surface area contributed by atoms with Crippen LogP contribution in [0.25, 0.3) is 43.1 Å². The molecule has 0 amide bonds. The first-order valence-corrected chi connectivity index (χ1v) is 15.5. The lowest BCUT2D eigenvalue weighted by atomic mass is 10.2. The van der Waals surface area contributed by atoms with Gasteiger partial charge in [0, 0.05) is 29.7 Å². The number of nitrogens with zero attached hydrogens (tertiary/aromatic N) is 5. The molecule has 42 heavy (non-hydrogen) atoms. The van der Waals surface area contributed by atoms with Gasteiger partial charge in [-0.05, 0) is 66.2 Å². The van der Waals surface area contributed by atoms with Crippen LogP contribution in [-0.2, 0) is 10.1 Å². The van der Waals surface area contributed by atoms with Gasteiger partial charge in [-0.2, -0.15) is 8.42 Å². The van der Waals surface area contributed by atoms with Crippen LogP contribution < -0.4 is 15.2 Å². The maximum Gasteiger partial charge on any atom is 0.275 e. The molecule has 0 aliphatic rings. The first-order valence-electron chi connectivity index (χ1n) is 12.5. The fourth-order valence-electron chi connectivity index (χ4n) is 4.34. The van der Waals surface area contributed by atoms with Crippen molar-refractivity contribution in [3.63, 3.8) is 0 Å². The Bertz CT molecular complexity index is 2060. The van der Waals surface area contributed by atoms with Gasteiger partial charge in [0.15, 0.2) is 0 Å². The summed E-state index contributed by atoms with van der Waals surface area (Å²) in [5, 5.41) is 0.674. The molecule has 3 aromatic heterocycles. The van der Waals surface area contributed by atoms with E-state index in [9.17, 15) is 13.2 Å². The number of hydrogen-bond donors (Lipinski definition) is 1. The minimum atomic E-state index is -3.67. The van der Waals surface area contributed by atoms with Crippen LogP contribution >= 0.6 is 22.9 Å². The topological polar surface area (TPSA) is 120 Å². The van der Waals surface area contributed by atoms with Crippen molar-refractivity contribution >= 4 is 60.3 Å². The number of fused-ring (bicyclic) bond motifs is 2. The van der Waals surface area contributed by atoms with Gasteiger partial charge in [-0.25, -0.2) is 9.97 Å². The van der Waals surface area contributed by atoms with Crippen LogP contribution in [0.15, 0.2) is 83.9 Å². The number of benzene rings is 3. The second-order valence-electron chi connectivity index (χ2n) is 9.50. The Morgan fingerprint density at radius 2 is 1.60 bits per heavy atom. The highest BCUT2D eigenvalue weighted by Gasteiger charge is 2.17. The number of imidazole rings is 1. The number of hydrogen-bond acceptors (Lipinski definition) is 8. The predicted molar refractivity (Wildman–Crippen MR) is 169 cm³/mol. The minimum Gasteiger partial charge on any atom is -0.497 e. The van der Waals surface area contributed by atoms with Gasteiger partial charge in [0.2, 0.25) is 5.95 Å². The lowest BCUT2D eigenvalue weighted by Crippen LogP contribution is -2.17. The summed E-state index contributed by atoms with van der Waals surface area (Å²) in [6, 6.07) is 23.2. The van der Waals surface area contributed by atoms with Crippen LogP contribution in [0.5, 0.6) is 5.75 Å². The lowest BCUT2D eigenvalue weighted by molar-refractivity contribution is 0.415. The number of rotatable bonds is 5. The molecule has 10 nitrogen and oxygen atoms in total. The average molecular weight is 624 g/mol. The molecule has 0 fully saturated rings. The standard InChI is InChI=1S/C28H22ClN5O2S.CH4O3S/c1-32(2)28-31-22-14-20(10-13-24(22)34(28)19-8-11-21(36-3)12-9-19)33-16-30-23-15-25(37-26(23)27(33)35)17-4-6-18(29)7-5-17;1-5(2,3)4/h4-16H,1-3H3;1H3,(H,2,3,4). The van der Waals surface area contributed by atoms with Crippen LogP contribution in [-0.4, -0.2) is 59.5 Å². The molecule has 1 N–H and O–H groups in total. The zero-order valence-corrected chi connectivity index (χ0v) is 25.4. The van der Waals surface area contributed by atoms with Gasteiger partial charge in [-0.3, -0.25) is 18.5 Å². The van der Waals surface area contributed by atoms with Crippen molar-refractivity contribution < 1.29 is 17.7 Å². The molecule has 13 heteroatoms. The van der Waals surface area contributed by atoms with Crippen LogP contribution in [0.1, 0.15) is 0 Å². The van der Waals surface area contributed by atoms with Crippen molar-refractivity contribution in [2.24, 2.45) is 0 Å². The fraction of sp³-hybridized carbons (Fsp3) is 0.138. The van der Waals surface area contributed by atoms with Crippen molar-refractivity contribution in [2.45, 2.75) is 0 Å². The quantitative estimate of drug-likeness (QED) is 0.243. The first kappa shape index (κ1) is 29.3. The third-order valence-electron chi connectivity index (χ3n) is 6.20. The third kappa shape index (κ3) is 6.16. The number of thiophene rings is 1. The van der Waals surface area contributed by atoms with Crippen molar-refractivity contribution in [1.82, 2.24) is 19.1 Å². The molecule has 0 atom stereocenters. The van der Waals surface area contributed by atoms with Gasteiger partial charge in [-0.15, -0.1) is 11.3 Å². The summed E-state index contributed by atoms with van der Waals surface area (Å²) in [6.07, 6.45) is 2.30. The molecule has 6 rings (SSSR count). The van der Waals surface area contributed by atoms with Gasteiger partial charge in [-0.1, -0.05) is 23.7 Å². The number of ether oxygens (including phenoxy) is 1. The maximum atomic E-state index is 13.5. The predicted octanol–water partition coefficient (Wildman–Crippen LogP) is 5.69. The van der Waals surface area contributed by atoms with E-state index in [-0.39, 0.29) is 5.56 Å². The molecule has 0 saturated heterocycles. The molecule has 0 saturated carbocycles. The van der Waals surface area contributed by atoms with Crippen molar-refractivity contribution in [3.8, 4) is 27.6 Å². The Morgan fingerprint density at radius 3 is 2.21 bits per heavy atom. The zero-order chi connectivity index (χ0) is 30.2. The zero-order valence-electron chi connectivity index (χ0n) is 23.0. The molecule has 6 aromatic rings. The summed E-state index contributed by atoms with van der Waals surface area (Å²) in [5.41, 5.74) is 4.94. The van der Waals surface area contributed by atoms with E-state index in [1.165, 1.54) is 11.3 Å². The second-order valence-corrected chi connectivity index (χ2v) is 12.5. The molecule has 0 radical (unpaired) electrons. The summed E-state index contributed by atoms with van der Waals surface area (Å²) in [6.45, 7) is 0. The number of halogens is 1. The highest BCUT2D eigenvalue weighted by molar-refractivity contribution is 7.85. The molecule has 3 heterocycles. The van der Waals surface area contributed by atoms with Gasteiger partial charge >= 0.3 is 0 Å². The summed E-state index contributed by atoms with van der Waals surface area (Å²) in [5.74, 6) is 1.57. The smallest absolute Gasteiger partial charge is 0.275 e. The highest BCUT2D eigenvalue weighted by atomic mass is 35.5. The van der Waals surface area contributed by atoms with Gasteiger partial charge in [0.25, 0.3) is 15.7 Å². The van der Waals surface area contributed by atoms with E-state index in [0.717, 1.165) is 38.9 Å². The highest BCUT2D eigenvalue weighted by Crippen LogP contribution is 2.32. The largest absolute Gasteiger partial charge is 0.497 e. The number of methoxy groups -OCH3 is 1. The van der Waals surface area contributed by atoms with Crippen molar-refractivity contribution in [2.75, 3.05) is 32.4 Å². The summed E-state index contributed by atoms with van der Waals surface area (Å²) < 4.78 is 35.4. The molecule has 0 spiro atoms. The van der Waals surface area contributed by atoms with E-state index >= 15 is 0 Å². The van der Waals surface area contributed by atoms with Crippen molar-refractivity contribution in [3.05, 3.63) is 94.5 Å². The van der Waals surface area contributed by atoms with E-state index in [4.69, 9.17) is 25.9 Å². The molecule has 0 bridgehead atoms. The van der Waals surface area contributed by atoms with Crippen LogP contribution in [0.3, 0.4) is 0 Å². The fourth-order valence-corrected chi connectivity index (χ4v) is 5.52. The van der Waals surface area contributed by atoms with E-state index < -0.39 is 10.1 Å². The van der Waals surface area contributed by atoms with Crippen LogP contribution in [0.2, 0.25) is 5.02 Å². The molecule has 0 aliphatic carbocycles. The SMILES string of the molecule is COc1ccc(-n2c(N(C)C)nc3cc(-n4cnc5cc(-c6ccc(Cl)cc6)sc5c4=O)ccc32)cc1.CS(=O)(=O)O. The van der Waals surface area contributed by atoms with E-state index in [0.29, 0.717) is 27.2 Å². The molecule has 216 valence electrons. The molecular formula is C29H26ClN5O5S2. The Kier molecular flexibility index (Phi) is 8.06. The van der Waals surface area contributed by atoms with Crippen molar-refractivity contribution in [1.29, 1.82) is 0 Å². The van der Waals surface area contributed by atoms with E-state index in [1.807, 2.05) is 91.8 Å². The monoisotopic (exact) mass is 623 g/mol. The molecule has 0 aliphatic heterocycles. The Labute approximate surface area is 250 Å². The first-order chi connectivity index (χ1) is 19.9. The Morgan fingerprint density at radius 1 is 0.952 bits per heavy atom. The van der Waals surface area contributed by atoms with E-state index in [1.54, 1.807) is 18.0 Å². The maximum absolute atomic E-state index is 13.5. The van der Waals surface area contributed by atoms with Crippen LogP contribution in [0, 0.1) is 0 Å². The normalized spacial score (nSPS) is 11.4. The number of anilines is 1. The molecular weight excluding hydrogens is 598 g/mol. The van der Waals surface area contributed by atoms with E-state index in [2.05, 4.69) is 9.55 Å². The Hall–Kier alpha value is -4.23. The summed E-state index contributed by atoms with van der Waals surface area (Å²) in [7, 11) is 1.90. The minimum absolute atomic E-state index is 0.114. The Balaban J connectivity index is 0.000000652. The second kappa shape index (κ2) is 11.6. The molecule has 0 unspecified atom stereocenters. The van der Waals surface area contributed by atoms with Gasteiger partial charge in [0.1, 0.15) is 16.8 Å². The van der Waals surface area contributed by atoms with Gasteiger partial charge < -0.3 is 9.64 Å². The van der Waals surface area contributed by atoms with Gasteiger partial charge in [0.05, 0.1) is 35.6 Å².